The molecule has 1 aliphatic heterocycles. The van der Waals surface area contributed by atoms with Crippen LogP contribution in [-0.4, -0.2) is 104 Å². The van der Waals surface area contributed by atoms with Crippen molar-refractivity contribution in [1.29, 1.82) is 0 Å². The number of halogens is 1. The number of carbonyl (C=O) groups excluding carboxylic acids is 1. The van der Waals surface area contributed by atoms with Crippen LogP contribution in [0.3, 0.4) is 0 Å². The summed E-state index contributed by atoms with van der Waals surface area (Å²) in [5.41, 5.74) is 16.9. The summed E-state index contributed by atoms with van der Waals surface area (Å²) in [6, 6.07) is 38.6. The molecule has 1 aliphatic carbocycles. The van der Waals surface area contributed by atoms with Crippen molar-refractivity contribution in [3.63, 3.8) is 0 Å². The second-order valence-electron chi connectivity index (χ2n) is 25.7. The van der Waals surface area contributed by atoms with E-state index in [0.717, 1.165) is 101 Å². The van der Waals surface area contributed by atoms with Crippen molar-refractivity contribution in [2.75, 3.05) is 34.2 Å². The van der Waals surface area contributed by atoms with Crippen LogP contribution in [0.15, 0.2) is 191 Å². The topological polar surface area (TPSA) is 278 Å². The third-order valence-corrected chi connectivity index (χ3v) is 18.5. The van der Waals surface area contributed by atoms with Crippen molar-refractivity contribution in [3.05, 3.63) is 228 Å². The first-order chi connectivity index (χ1) is 48.9. The second-order valence-corrected chi connectivity index (χ2v) is 26.5. The van der Waals surface area contributed by atoms with Crippen molar-refractivity contribution in [3.8, 4) is 102 Å². The maximum Gasteiger partial charge on any atom is 0.265 e. The van der Waals surface area contributed by atoms with E-state index in [1.165, 1.54) is 29.2 Å². The Morgan fingerprint density at radius 2 is 0.911 bits per heavy atom. The molecule has 9 aromatic heterocycles. The van der Waals surface area contributed by atoms with E-state index in [9.17, 15) is 19.2 Å². The summed E-state index contributed by atoms with van der Waals surface area (Å²) in [6.07, 6.45) is 13.2. The molecule has 101 heavy (non-hydrogen) atoms. The summed E-state index contributed by atoms with van der Waals surface area (Å²) in [7, 11) is 5.77. The minimum Gasteiger partial charge on any atom is -0.354 e. The maximum atomic E-state index is 12.4. The standard InChI is InChI=1S/C27H28N6O3.C26H27N5O2.C24H24BrN5O2.3H2/c1-18-27(24-14-22(31-36-24)20-7-5-19(6-8-20)15-28-2)30-23(16-29-18)21-9-10-26(35)33(17-21)13-12-32-11-3-4-25(32)34;1-16-10-21(16)15-31-14-20(8-9-25(31)32)23-13-28-17(2)26(29-23)24-11-22(30-33-24)19-6-4-18(5-7-19)12-27-3;1-14(2)30-13-18(9-19(25)24(30)31)21-12-27-15(3)23(28-21)22-10-20(29-32-22)17-7-5-16(6-8-17)11-26-4;;;/h5-10,14,16-17,28H,3-4,11-13,15H2,1-2H3;4-9,11,13-14,16,21,27H,10,12,15H2,1-3H3;5-10,12-14,26H,11H2,1-4H3;3*1H. The van der Waals surface area contributed by atoms with Crippen LogP contribution < -0.4 is 32.6 Å². The predicted molar refractivity (Wildman–Crippen MR) is 398 cm³/mol. The van der Waals surface area contributed by atoms with E-state index >= 15 is 0 Å². The molecule has 2 aliphatic rings. The molecule has 24 heteroatoms. The molecule has 1 saturated carbocycles. The molecule has 1 amide bonds. The largest absolute Gasteiger partial charge is 0.354 e. The molecule has 2 fully saturated rings. The zero-order chi connectivity index (χ0) is 70.8. The molecule has 14 rings (SSSR count). The molecule has 0 bridgehead atoms. The summed E-state index contributed by atoms with van der Waals surface area (Å²) < 4.78 is 22.5. The number of aromatic nitrogens is 12. The number of aryl methyl sites for hydroxylation is 3. The van der Waals surface area contributed by atoms with E-state index in [2.05, 4.69) is 106 Å². The average Bonchev–Trinajstić information content (AvgIpc) is 1.42. The monoisotopic (exact) mass is 1420 g/mol. The fourth-order valence-electron chi connectivity index (χ4n) is 11.9. The van der Waals surface area contributed by atoms with Gasteiger partial charge in [-0.1, -0.05) is 95.2 Å². The number of pyridine rings is 3. The van der Waals surface area contributed by atoms with Gasteiger partial charge >= 0.3 is 0 Å². The molecule has 0 radical (unpaired) electrons. The Balaban J connectivity index is 0.000000179. The Morgan fingerprint density at radius 3 is 1.30 bits per heavy atom. The summed E-state index contributed by atoms with van der Waals surface area (Å²) in [5.74, 6) is 3.05. The first kappa shape index (κ1) is 70.1. The lowest BCUT2D eigenvalue weighted by atomic mass is 10.1. The molecule has 23 nitrogen and oxygen atoms in total. The van der Waals surface area contributed by atoms with E-state index in [0.29, 0.717) is 93.0 Å². The molecule has 3 aromatic carbocycles. The van der Waals surface area contributed by atoms with Crippen LogP contribution >= 0.6 is 15.9 Å². The number of carbonyl (C=O) groups is 1. The van der Waals surface area contributed by atoms with Gasteiger partial charge in [-0.05, 0) is 131 Å². The lowest BCUT2D eigenvalue weighted by Crippen LogP contribution is -2.31. The Morgan fingerprint density at radius 1 is 0.515 bits per heavy atom. The van der Waals surface area contributed by atoms with Crippen LogP contribution in [0.1, 0.15) is 84.1 Å². The zero-order valence-corrected chi connectivity index (χ0v) is 59.4. The number of amides is 1. The third kappa shape index (κ3) is 16.8. The smallest absolute Gasteiger partial charge is 0.265 e. The van der Waals surface area contributed by atoms with E-state index < -0.39 is 0 Å². The molecule has 12 aromatic rings. The van der Waals surface area contributed by atoms with Gasteiger partial charge in [0.15, 0.2) is 17.3 Å². The number of likely N-dealkylation sites (tertiary alicyclic amines) is 1. The van der Waals surface area contributed by atoms with Crippen molar-refractivity contribution in [2.24, 2.45) is 11.8 Å². The van der Waals surface area contributed by atoms with Crippen LogP contribution in [-0.2, 0) is 37.5 Å². The Bertz CT molecular complexity index is 5120. The number of nitrogens with one attached hydrogen (secondary N) is 3. The Hall–Kier alpha value is -10.8. The van der Waals surface area contributed by atoms with Crippen LogP contribution in [0, 0.1) is 32.6 Å². The lowest BCUT2D eigenvalue weighted by Gasteiger charge is -2.16. The normalized spacial score (nSPS) is 14.0. The molecule has 3 N–H and O–H groups in total. The number of nitrogens with zero attached hydrogens (tertiary/aromatic N) is 13. The van der Waals surface area contributed by atoms with Gasteiger partial charge in [0.2, 0.25) is 5.91 Å². The van der Waals surface area contributed by atoms with E-state index in [1.54, 1.807) is 73.9 Å². The van der Waals surface area contributed by atoms with E-state index in [4.69, 9.17) is 28.5 Å². The quantitative estimate of drug-likeness (QED) is 0.0603. The van der Waals surface area contributed by atoms with Gasteiger partial charge < -0.3 is 48.1 Å². The summed E-state index contributed by atoms with van der Waals surface area (Å²) >= 11 is 3.37. The highest BCUT2D eigenvalue weighted by Crippen LogP contribution is 2.39. The first-order valence-corrected chi connectivity index (χ1v) is 34.5. The highest BCUT2D eigenvalue weighted by Gasteiger charge is 2.33. The molecular weight excluding hydrogens is 1340 g/mol. The van der Waals surface area contributed by atoms with Crippen molar-refractivity contribution in [1.82, 2.24) is 79.9 Å². The highest BCUT2D eigenvalue weighted by molar-refractivity contribution is 9.10. The maximum absolute atomic E-state index is 12.4. The molecule has 522 valence electrons. The third-order valence-electron chi connectivity index (χ3n) is 17.9. The highest BCUT2D eigenvalue weighted by atomic mass is 79.9. The van der Waals surface area contributed by atoms with Crippen molar-refractivity contribution in [2.45, 2.75) is 99.6 Å². The second kappa shape index (κ2) is 31.6. The average molecular weight is 1430 g/mol. The molecule has 1 saturated heterocycles. The zero-order valence-electron chi connectivity index (χ0n) is 57.9. The fraction of sp³-hybridized carbons (Fsp3) is 0.286. The molecular formula is C77H85BrN16O7. The number of rotatable bonds is 21. The Labute approximate surface area is 596 Å². The van der Waals surface area contributed by atoms with Crippen LogP contribution in [0.4, 0.5) is 0 Å². The van der Waals surface area contributed by atoms with E-state index in [-0.39, 0.29) is 32.9 Å². The van der Waals surface area contributed by atoms with Gasteiger partial charge in [-0.3, -0.25) is 34.1 Å². The van der Waals surface area contributed by atoms with Gasteiger partial charge in [0.25, 0.3) is 16.7 Å². The van der Waals surface area contributed by atoms with Gasteiger partial charge in [0, 0.05) is 145 Å². The lowest BCUT2D eigenvalue weighted by molar-refractivity contribution is -0.127. The van der Waals surface area contributed by atoms with Crippen LogP contribution in [0.5, 0.6) is 0 Å². The van der Waals surface area contributed by atoms with Crippen molar-refractivity contribution >= 4 is 21.8 Å². The molecule has 10 heterocycles. The van der Waals surface area contributed by atoms with Gasteiger partial charge in [-0.25, -0.2) is 15.0 Å². The molecule has 0 spiro atoms. The van der Waals surface area contributed by atoms with Gasteiger partial charge in [0.1, 0.15) is 34.2 Å². The van der Waals surface area contributed by atoms with Gasteiger partial charge in [0.05, 0.1) is 57.2 Å². The Kier molecular flexibility index (Phi) is 21.9. The number of hydrogen-bond donors (Lipinski definition) is 3. The molecule has 2 unspecified atom stereocenters. The van der Waals surface area contributed by atoms with Crippen molar-refractivity contribution < 1.29 is 22.6 Å². The summed E-state index contributed by atoms with van der Waals surface area (Å²) in [6.45, 7) is 16.7. The predicted octanol–water partition coefficient (Wildman–Crippen LogP) is 13.3. The molecule has 2 atom stereocenters. The minimum atomic E-state index is -0.119. The first-order valence-electron chi connectivity index (χ1n) is 33.7. The minimum absolute atomic E-state index is 0. The van der Waals surface area contributed by atoms with Crippen LogP contribution in [0.2, 0.25) is 0 Å². The van der Waals surface area contributed by atoms with Gasteiger partial charge in [-0.15, -0.1) is 0 Å². The number of hydrogen-bond acceptors (Lipinski definition) is 19. The fourth-order valence-corrected chi connectivity index (χ4v) is 12.3. The summed E-state index contributed by atoms with van der Waals surface area (Å²) in [5, 5.41) is 22.1. The number of benzene rings is 3. The SMILES string of the molecule is CNCc1ccc(-c2cc(-c3nc(-c4cc(Br)c(=O)n(C(C)C)c4)cnc3C)on2)cc1.CNCc1ccc(-c2cc(-c3nc(-c4ccc(=O)n(CC5CC5C)c4)cnc3C)on2)cc1.CNCc1ccc(-c2cc(-c3nc(-c4ccc(=O)n(CCN5CCCC5=O)c4)cnc3C)on2)cc1.[HH].[HH].[HH]. The van der Waals surface area contributed by atoms with Crippen LogP contribution in [0.25, 0.3) is 102 Å². The van der Waals surface area contributed by atoms with Gasteiger partial charge in [-0.2, -0.15) is 0 Å². The summed E-state index contributed by atoms with van der Waals surface area (Å²) in [4.78, 5) is 78.8. The van der Waals surface area contributed by atoms with E-state index in [1.807, 2.05) is 117 Å².